The number of carbonyl (C=O) groups excluding carboxylic acids is 1. The van der Waals surface area contributed by atoms with E-state index in [0.29, 0.717) is 6.10 Å². The average molecular weight is 242 g/mol. The summed E-state index contributed by atoms with van der Waals surface area (Å²) in [6, 6.07) is 0. The fourth-order valence-corrected chi connectivity index (χ4v) is 2.85. The van der Waals surface area contributed by atoms with Gasteiger partial charge in [-0.3, -0.25) is 4.79 Å². The molecule has 0 rings (SSSR count). The number of unbranched alkanes of at least 4 members (excludes halogenated alkanes) is 2. The van der Waals surface area contributed by atoms with Gasteiger partial charge in [-0.05, 0) is 38.6 Å². The minimum atomic E-state index is -1.46. The Kier molecular flexibility index (Phi) is 8.48. The molecular formula is C13H26O2Si. The van der Waals surface area contributed by atoms with Crippen LogP contribution in [0, 0.1) is 0 Å². The zero-order valence-electron chi connectivity index (χ0n) is 11.2. The van der Waals surface area contributed by atoms with Crippen molar-refractivity contribution in [1.29, 1.82) is 0 Å². The maximum Gasteiger partial charge on any atom is 0.184 e. The second kappa shape index (κ2) is 8.71. The number of carbonyl (C=O) groups is 1. The monoisotopic (exact) mass is 242 g/mol. The molecule has 0 aliphatic heterocycles. The van der Waals surface area contributed by atoms with E-state index in [1.54, 1.807) is 6.08 Å². The van der Waals surface area contributed by atoms with Gasteiger partial charge in [-0.15, -0.1) is 0 Å². The highest BCUT2D eigenvalue weighted by atomic mass is 28.4. The van der Waals surface area contributed by atoms with Gasteiger partial charge in [-0.2, -0.15) is 0 Å². The normalized spacial score (nSPS) is 14.2. The topological polar surface area (TPSA) is 26.3 Å². The standard InChI is InChI=1S/C13H26O2Si/c1-5-6-7-10-13(11-8-9-12-14)15-16(2,3)4/h8-9,12-13H,5-7,10-11H2,1-4H3. The minimum Gasteiger partial charge on any atom is -0.414 e. The van der Waals surface area contributed by atoms with Crippen LogP contribution in [0.5, 0.6) is 0 Å². The molecule has 0 radical (unpaired) electrons. The highest BCUT2D eigenvalue weighted by Gasteiger charge is 2.19. The summed E-state index contributed by atoms with van der Waals surface area (Å²) < 4.78 is 6.10. The van der Waals surface area contributed by atoms with E-state index in [1.165, 1.54) is 19.3 Å². The number of aldehydes is 1. The molecule has 94 valence electrons. The molecule has 0 heterocycles. The Balaban J connectivity index is 4.05. The van der Waals surface area contributed by atoms with E-state index in [-0.39, 0.29) is 0 Å². The van der Waals surface area contributed by atoms with Crippen LogP contribution in [0.4, 0.5) is 0 Å². The van der Waals surface area contributed by atoms with Gasteiger partial charge in [0.2, 0.25) is 0 Å². The predicted molar refractivity (Wildman–Crippen MR) is 72.2 cm³/mol. The lowest BCUT2D eigenvalue weighted by Crippen LogP contribution is -2.31. The molecule has 0 fully saturated rings. The van der Waals surface area contributed by atoms with Gasteiger partial charge < -0.3 is 4.43 Å². The average Bonchev–Trinajstić information content (AvgIpc) is 2.16. The van der Waals surface area contributed by atoms with Crippen LogP contribution in [0.3, 0.4) is 0 Å². The van der Waals surface area contributed by atoms with E-state index < -0.39 is 8.32 Å². The summed E-state index contributed by atoms with van der Waals surface area (Å²) in [5.74, 6) is 0. The molecule has 2 nitrogen and oxygen atoms in total. The molecular weight excluding hydrogens is 216 g/mol. The van der Waals surface area contributed by atoms with E-state index >= 15 is 0 Å². The zero-order valence-corrected chi connectivity index (χ0v) is 12.2. The van der Waals surface area contributed by atoms with E-state index in [2.05, 4.69) is 26.6 Å². The minimum absolute atomic E-state index is 0.300. The SMILES string of the molecule is CCCCCC(CC=CC=O)O[Si](C)(C)C. The van der Waals surface area contributed by atoms with Crippen molar-refractivity contribution in [2.24, 2.45) is 0 Å². The smallest absolute Gasteiger partial charge is 0.184 e. The Bertz CT molecular complexity index is 206. The first-order valence-electron chi connectivity index (χ1n) is 6.27. The zero-order chi connectivity index (χ0) is 12.4. The Hall–Kier alpha value is -0.413. The number of hydrogen-bond acceptors (Lipinski definition) is 2. The molecule has 0 aromatic carbocycles. The van der Waals surface area contributed by atoms with Gasteiger partial charge in [0.1, 0.15) is 6.29 Å². The molecule has 0 saturated carbocycles. The first-order chi connectivity index (χ1) is 7.49. The Morgan fingerprint density at radius 2 is 1.94 bits per heavy atom. The molecule has 0 amide bonds. The van der Waals surface area contributed by atoms with Crippen LogP contribution in [0.25, 0.3) is 0 Å². The second-order valence-corrected chi connectivity index (χ2v) is 9.61. The lowest BCUT2D eigenvalue weighted by Gasteiger charge is -2.25. The molecule has 3 heteroatoms. The number of rotatable bonds is 9. The first-order valence-corrected chi connectivity index (χ1v) is 9.68. The van der Waals surface area contributed by atoms with Crippen molar-refractivity contribution in [2.75, 3.05) is 0 Å². The molecule has 0 bridgehead atoms. The van der Waals surface area contributed by atoms with Gasteiger partial charge in [0.05, 0.1) is 0 Å². The lowest BCUT2D eigenvalue weighted by atomic mass is 10.1. The molecule has 0 aliphatic carbocycles. The fourth-order valence-electron chi connectivity index (χ4n) is 1.63. The summed E-state index contributed by atoms with van der Waals surface area (Å²) >= 11 is 0. The summed E-state index contributed by atoms with van der Waals surface area (Å²) in [6.45, 7) is 8.84. The Morgan fingerprint density at radius 3 is 2.44 bits per heavy atom. The highest BCUT2D eigenvalue weighted by Crippen LogP contribution is 2.16. The van der Waals surface area contributed by atoms with Gasteiger partial charge in [0, 0.05) is 6.10 Å². The van der Waals surface area contributed by atoms with Crippen LogP contribution >= 0.6 is 0 Å². The van der Waals surface area contributed by atoms with Gasteiger partial charge in [0.25, 0.3) is 0 Å². The maximum absolute atomic E-state index is 10.2. The van der Waals surface area contributed by atoms with Crippen LogP contribution in [-0.2, 0) is 9.22 Å². The third-order valence-corrected chi connectivity index (χ3v) is 3.30. The van der Waals surface area contributed by atoms with Crippen LogP contribution in [0.2, 0.25) is 19.6 Å². The van der Waals surface area contributed by atoms with Crippen molar-refractivity contribution >= 4 is 14.6 Å². The molecule has 1 unspecified atom stereocenters. The fraction of sp³-hybridized carbons (Fsp3) is 0.769. The third kappa shape index (κ3) is 10.1. The van der Waals surface area contributed by atoms with Gasteiger partial charge in [-0.1, -0.05) is 32.3 Å². The quantitative estimate of drug-likeness (QED) is 0.265. The van der Waals surface area contributed by atoms with Crippen molar-refractivity contribution in [2.45, 2.75) is 64.8 Å². The molecule has 0 N–H and O–H groups in total. The lowest BCUT2D eigenvalue weighted by molar-refractivity contribution is -0.104. The predicted octanol–water partition coefficient (Wildman–Crippen LogP) is 3.93. The van der Waals surface area contributed by atoms with Crippen molar-refractivity contribution in [3.63, 3.8) is 0 Å². The number of hydrogen-bond donors (Lipinski definition) is 0. The molecule has 0 aromatic heterocycles. The summed E-state index contributed by atoms with van der Waals surface area (Å²) in [5, 5.41) is 0. The molecule has 0 aromatic rings. The van der Waals surface area contributed by atoms with E-state index in [4.69, 9.17) is 4.43 Å². The van der Waals surface area contributed by atoms with Crippen LogP contribution in [-0.4, -0.2) is 20.7 Å². The number of allylic oxidation sites excluding steroid dienone is 1. The van der Waals surface area contributed by atoms with E-state index in [9.17, 15) is 4.79 Å². The molecule has 0 aliphatic rings. The summed E-state index contributed by atoms with van der Waals surface area (Å²) in [6.07, 6.45) is 10.3. The molecule has 16 heavy (non-hydrogen) atoms. The molecule has 0 spiro atoms. The summed E-state index contributed by atoms with van der Waals surface area (Å²) in [5.41, 5.74) is 0. The van der Waals surface area contributed by atoms with Crippen molar-refractivity contribution in [3.05, 3.63) is 12.2 Å². The van der Waals surface area contributed by atoms with E-state index in [0.717, 1.165) is 19.1 Å². The van der Waals surface area contributed by atoms with Crippen molar-refractivity contribution in [3.8, 4) is 0 Å². The van der Waals surface area contributed by atoms with Crippen LogP contribution in [0.15, 0.2) is 12.2 Å². The van der Waals surface area contributed by atoms with Gasteiger partial charge in [0.15, 0.2) is 8.32 Å². The van der Waals surface area contributed by atoms with E-state index in [1.807, 2.05) is 6.08 Å². The van der Waals surface area contributed by atoms with Gasteiger partial charge in [-0.25, -0.2) is 0 Å². The van der Waals surface area contributed by atoms with Crippen molar-refractivity contribution in [1.82, 2.24) is 0 Å². The highest BCUT2D eigenvalue weighted by molar-refractivity contribution is 6.69. The third-order valence-electron chi connectivity index (χ3n) is 2.26. The largest absolute Gasteiger partial charge is 0.414 e. The second-order valence-electron chi connectivity index (χ2n) is 5.15. The summed E-state index contributed by atoms with van der Waals surface area (Å²) in [4.78, 5) is 10.2. The Morgan fingerprint density at radius 1 is 1.25 bits per heavy atom. The summed E-state index contributed by atoms with van der Waals surface area (Å²) in [7, 11) is -1.46. The molecule has 1 atom stereocenters. The van der Waals surface area contributed by atoms with Crippen molar-refractivity contribution < 1.29 is 9.22 Å². The Labute approximate surface area is 101 Å². The molecule has 0 saturated heterocycles. The van der Waals surface area contributed by atoms with Gasteiger partial charge >= 0.3 is 0 Å². The maximum atomic E-state index is 10.2. The van der Waals surface area contributed by atoms with Crippen LogP contribution < -0.4 is 0 Å². The first kappa shape index (κ1) is 15.6. The van der Waals surface area contributed by atoms with Crippen LogP contribution in [0.1, 0.15) is 39.0 Å².